The van der Waals surface area contributed by atoms with Crippen LogP contribution in [0, 0.1) is 17.5 Å². The molecule has 6 nitrogen and oxygen atoms in total. The van der Waals surface area contributed by atoms with Crippen molar-refractivity contribution in [2.24, 2.45) is 4.99 Å². The summed E-state index contributed by atoms with van der Waals surface area (Å²) in [6, 6.07) is 9.21. The molecule has 176 valence electrons. The van der Waals surface area contributed by atoms with Crippen LogP contribution in [0.15, 0.2) is 41.4 Å². The van der Waals surface area contributed by atoms with Crippen molar-refractivity contribution in [3.05, 3.63) is 59.4 Å². The van der Waals surface area contributed by atoms with Crippen LogP contribution in [0.5, 0.6) is 5.75 Å². The minimum Gasteiger partial charge on any atom is -0.488 e. The lowest BCUT2D eigenvalue weighted by Crippen LogP contribution is -2.41. The minimum atomic E-state index is -1.64. The number of para-hydroxylation sites is 1. The predicted octanol–water partition coefficient (Wildman–Crippen LogP) is 4.59. The Morgan fingerprint density at radius 3 is 2.38 bits per heavy atom. The highest BCUT2D eigenvalue weighted by Gasteiger charge is 2.16. The van der Waals surface area contributed by atoms with Gasteiger partial charge in [-0.1, -0.05) is 18.2 Å². The van der Waals surface area contributed by atoms with Gasteiger partial charge in [-0.2, -0.15) is 0 Å². The number of anilines is 1. The third-order valence-electron chi connectivity index (χ3n) is 3.87. The summed E-state index contributed by atoms with van der Waals surface area (Å²) < 4.78 is 46.0. The Morgan fingerprint density at radius 1 is 1.03 bits per heavy atom. The zero-order chi connectivity index (χ0) is 23.0. The number of carbonyl (C=O) groups excluding carboxylic acids is 1. The van der Waals surface area contributed by atoms with Crippen LogP contribution in [0.25, 0.3) is 0 Å². The second kappa shape index (κ2) is 12.5. The molecule has 0 spiro atoms. The molecular formula is C22H28F3IN4O2. The molecule has 32 heavy (non-hydrogen) atoms. The lowest BCUT2D eigenvalue weighted by atomic mass is 10.1. The highest BCUT2D eigenvalue weighted by Crippen LogP contribution is 2.23. The van der Waals surface area contributed by atoms with E-state index in [1.54, 1.807) is 0 Å². The molecule has 2 aromatic rings. The molecule has 0 unspecified atom stereocenters. The fraction of sp³-hybridized carbons (Fsp3) is 0.364. The van der Waals surface area contributed by atoms with E-state index in [0.717, 1.165) is 17.7 Å². The van der Waals surface area contributed by atoms with Gasteiger partial charge in [0.1, 0.15) is 11.4 Å². The largest absolute Gasteiger partial charge is 0.488 e. The van der Waals surface area contributed by atoms with Gasteiger partial charge in [0.2, 0.25) is 5.91 Å². The number of hydrogen-bond acceptors (Lipinski definition) is 3. The molecule has 0 heterocycles. The van der Waals surface area contributed by atoms with Crippen LogP contribution >= 0.6 is 24.0 Å². The Hall–Kier alpha value is -2.50. The minimum absolute atomic E-state index is 0. The Morgan fingerprint density at radius 2 is 1.72 bits per heavy atom. The molecule has 1 amide bonds. The average Bonchev–Trinajstić information content (AvgIpc) is 2.70. The SMILES string of the molecule is CCNC(=NCc1ccccc1OC(C)(C)C)NCC(=O)Nc1ccc(F)c(F)c1F.I. The highest BCUT2D eigenvalue weighted by atomic mass is 127. The Kier molecular flexibility index (Phi) is 10.8. The smallest absolute Gasteiger partial charge is 0.243 e. The molecule has 0 aliphatic rings. The third-order valence-corrected chi connectivity index (χ3v) is 3.87. The first-order chi connectivity index (χ1) is 14.6. The van der Waals surface area contributed by atoms with Crippen molar-refractivity contribution in [2.75, 3.05) is 18.4 Å². The summed E-state index contributed by atoms with van der Waals surface area (Å²) in [4.78, 5) is 16.5. The summed E-state index contributed by atoms with van der Waals surface area (Å²) in [5.41, 5.74) is 0.0549. The maximum absolute atomic E-state index is 13.7. The summed E-state index contributed by atoms with van der Waals surface area (Å²) in [5.74, 6) is -4.01. The zero-order valence-corrected chi connectivity index (χ0v) is 20.7. The molecular weight excluding hydrogens is 536 g/mol. The second-order valence-electron chi connectivity index (χ2n) is 7.64. The van der Waals surface area contributed by atoms with Crippen molar-refractivity contribution in [1.29, 1.82) is 0 Å². The van der Waals surface area contributed by atoms with E-state index in [0.29, 0.717) is 24.8 Å². The third kappa shape index (κ3) is 8.56. The van der Waals surface area contributed by atoms with E-state index in [-0.39, 0.29) is 36.1 Å². The lowest BCUT2D eigenvalue weighted by Gasteiger charge is -2.23. The Balaban J connectivity index is 0.00000512. The molecule has 0 aliphatic carbocycles. The molecule has 10 heteroatoms. The van der Waals surface area contributed by atoms with Crippen molar-refractivity contribution in [3.8, 4) is 5.75 Å². The van der Waals surface area contributed by atoms with E-state index >= 15 is 0 Å². The van der Waals surface area contributed by atoms with Gasteiger partial charge in [-0.05, 0) is 45.9 Å². The summed E-state index contributed by atoms with van der Waals surface area (Å²) in [6.45, 7) is 8.30. The number of rotatable bonds is 7. The standard InChI is InChI=1S/C22H27F3N4O2.HI/c1-5-26-21(27-12-14-8-6-7-9-17(14)31-22(2,3)4)28-13-18(30)29-16-11-10-15(23)19(24)20(16)25;/h6-11H,5,12-13H2,1-4H3,(H,29,30)(H2,26,27,28);1H. The molecule has 0 aliphatic heterocycles. The van der Waals surface area contributed by atoms with Crippen LogP contribution in [-0.2, 0) is 11.3 Å². The Labute approximate surface area is 203 Å². The fourth-order valence-corrected chi connectivity index (χ4v) is 2.55. The molecule has 0 aromatic heterocycles. The van der Waals surface area contributed by atoms with E-state index in [1.165, 1.54) is 0 Å². The first-order valence-electron chi connectivity index (χ1n) is 9.83. The number of amides is 1. The normalized spacial score (nSPS) is 11.4. The zero-order valence-electron chi connectivity index (χ0n) is 18.4. The topological polar surface area (TPSA) is 74.8 Å². The van der Waals surface area contributed by atoms with E-state index in [9.17, 15) is 18.0 Å². The number of carbonyl (C=O) groups is 1. The number of guanidine groups is 1. The van der Waals surface area contributed by atoms with Crippen LogP contribution in [0.2, 0.25) is 0 Å². The van der Waals surface area contributed by atoms with E-state index in [1.807, 2.05) is 52.0 Å². The number of hydrogen-bond donors (Lipinski definition) is 3. The first kappa shape index (κ1) is 27.5. The van der Waals surface area contributed by atoms with Gasteiger partial charge < -0.3 is 20.7 Å². The monoisotopic (exact) mass is 564 g/mol. The number of nitrogens with one attached hydrogen (secondary N) is 3. The first-order valence-corrected chi connectivity index (χ1v) is 9.83. The molecule has 0 saturated heterocycles. The molecule has 2 aromatic carbocycles. The van der Waals surface area contributed by atoms with Crippen molar-refractivity contribution >= 4 is 41.5 Å². The van der Waals surface area contributed by atoms with E-state index < -0.39 is 29.0 Å². The number of nitrogens with zero attached hydrogens (tertiary/aromatic N) is 1. The van der Waals surface area contributed by atoms with Crippen molar-refractivity contribution in [3.63, 3.8) is 0 Å². The average molecular weight is 564 g/mol. The van der Waals surface area contributed by atoms with E-state index in [4.69, 9.17) is 4.74 Å². The summed E-state index contributed by atoms with van der Waals surface area (Å²) in [5, 5.41) is 8.02. The summed E-state index contributed by atoms with van der Waals surface area (Å²) >= 11 is 0. The van der Waals surface area contributed by atoms with Gasteiger partial charge in [-0.15, -0.1) is 24.0 Å². The quantitative estimate of drug-likeness (QED) is 0.199. The molecule has 0 radical (unpaired) electrons. The van der Waals surface area contributed by atoms with Crippen molar-refractivity contribution < 1.29 is 22.7 Å². The highest BCUT2D eigenvalue weighted by molar-refractivity contribution is 14.0. The molecule has 0 fully saturated rings. The Bertz CT molecular complexity index is 949. The van der Waals surface area contributed by atoms with E-state index in [2.05, 4.69) is 20.9 Å². The number of aliphatic imine (C=N–C) groups is 1. The van der Waals surface area contributed by atoms with Gasteiger partial charge >= 0.3 is 0 Å². The van der Waals surface area contributed by atoms with Crippen LogP contribution < -0.4 is 20.7 Å². The summed E-state index contributed by atoms with van der Waals surface area (Å²) in [6.07, 6.45) is 0. The maximum atomic E-state index is 13.7. The van der Waals surface area contributed by atoms with Gasteiger partial charge in [0, 0.05) is 12.1 Å². The predicted molar refractivity (Wildman–Crippen MR) is 130 cm³/mol. The molecule has 2 rings (SSSR count). The maximum Gasteiger partial charge on any atom is 0.243 e. The lowest BCUT2D eigenvalue weighted by molar-refractivity contribution is -0.115. The van der Waals surface area contributed by atoms with Crippen LogP contribution in [-0.4, -0.2) is 30.6 Å². The molecule has 0 bridgehead atoms. The number of halogens is 4. The second-order valence-corrected chi connectivity index (χ2v) is 7.64. The van der Waals surface area contributed by atoms with Gasteiger partial charge in [0.05, 0.1) is 18.8 Å². The fourth-order valence-electron chi connectivity index (χ4n) is 2.55. The summed E-state index contributed by atoms with van der Waals surface area (Å²) in [7, 11) is 0. The van der Waals surface area contributed by atoms with Gasteiger partial charge in [-0.3, -0.25) is 4.79 Å². The van der Waals surface area contributed by atoms with Crippen molar-refractivity contribution in [2.45, 2.75) is 39.8 Å². The van der Waals surface area contributed by atoms with Crippen LogP contribution in [0.3, 0.4) is 0 Å². The van der Waals surface area contributed by atoms with Crippen LogP contribution in [0.4, 0.5) is 18.9 Å². The van der Waals surface area contributed by atoms with Gasteiger partial charge in [0.15, 0.2) is 23.4 Å². The molecule has 0 atom stereocenters. The molecule has 3 N–H and O–H groups in total. The van der Waals surface area contributed by atoms with Gasteiger partial charge in [-0.25, -0.2) is 18.2 Å². The molecule has 0 saturated carbocycles. The number of ether oxygens (including phenoxy) is 1. The van der Waals surface area contributed by atoms with Crippen molar-refractivity contribution in [1.82, 2.24) is 10.6 Å². The van der Waals surface area contributed by atoms with Crippen LogP contribution in [0.1, 0.15) is 33.3 Å². The van der Waals surface area contributed by atoms with Gasteiger partial charge in [0.25, 0.3) is 0 Å². The number of benzene rings is 2.